The normalized spacial score (nSPS) is 27.1. The Balaban J connectivity index is 1.88. The molecule has 1 saturated heterocycles. The van der Waals surface area contributed by atoms with Crippen molar-refractivity contribution in [2.75, 3.05) is 22.6 Å². The average molecular weight is 248 g/mol. The van der Waals surface area contributed by atoms with Crippen molar-refractivity contribution in [1.82, 2.24) is 9.97 Å². The molecule has 0 amide bonds. The van der Waals surface area contributed by atoms with Gasteiger partial charge in [0.1, 0.15) is 11.6 Å². The first kappa shape index (κ1) is 11.5. The number of rotatable bonds is 2. The van der Waals surface area contributed by atoms with Crippen LogP contribution in [-0.2, 0) is 0 Å². The van der Waals surface area contributed by atoms with Crippen LogP contribution < -0.4 is 21.9 Å². The standard InChI is InChI=1S/C12H20N6/c13-12-15-10(17-14)7-11(16-12)18-6-5-8-3-1-2-4-9(8)18/h7-9H,1-6,14H2,(H3,13,15,16,17). The average Bonchev–Trinajstić information content (AvgIpc) is 2.81. The van der Waals surface area contributed by atoms with Crippen molar-refractivity contribution in [3.63, 3.8) is 0 Å². The Bertz CT molecular complexity index is 435. The number of nitrogens with zero attached hydrogens (tertiary/aromatic N) is 3. The summed E-state index contributed by atoms with van der Waals surface area (Å²) in [4.78, 5) is 10.8. The molecule has 6 heteroatoms. The van der Waals surface area contributed by atoms with E-state index < -0.39 is 0 Å². The third kappa shape index (κ3) is 1.96. The number of nitrogens with two attached hydrogens (primary N) is 2. The molecule has 1 aromatic heterocycles. The zero-order valence-corrected chi connectivity index (χ0v) is 10.5. The quantitative estimate of drug-likeness (QED) is 0.536. The van der Waals surface area contributed by atoms with E-state index in [0.29, 0.717) is 11.9 Å². The predicted molar refractivity (Wildman–Crippen MR) is 72.0 cm³/mol. The van der Waals surface area contributed by atoms with E-state index in [9.17, 15) is 0 Å². The molecule has 0 bridgehead atoms. The first-order chi connectivity index (χ1) is 8.78. The van der Waals surface area contributed by atoms with Crippen LogP contribution in [0, 0.1) is 5.92 Å². The van der Waals surface area contributed by atoms with Crippen LogP contribution in [0.2, 0.25) is 0 Å². The zero-order valence-electron chi connectivity index (χ0n) is 10.5. The molecule has 0 radical (unpaired) electrons. The lowest BCUT2D eigenvalue weighted by Gasteiger charge is -2.32. The molecule has 6 nitrogen and oxygen atoms in total. The van der Waals surface area contributed by atoms with Gasteiger partial charge in [-0.25, -0.2) is 5.84 Å². The highest BCUT2D eigenvalue weighted by Gasteiger charge is 2.36. The maximum absolute atomic E-state index is 5.73. The molecule has 3 rings (SSSR count). The molecular weight excluding hydrogens is 228 g/mol. The summed E-state index contributed by atoms with van der Waals surface area (Å²) < 4.78 is 0. The fraction of sp³-hybridized carbons (Fsp3) is 0.667. The van der Waals surface area contributed by atoms with Crippen molar-refractivity contribution in [2.45, 2.75) is 38.1 Å². The highest BCUT2D eigenvalue weighted by molar-refractivity contribution is 5.53. The van der Waals surface area contributed by atoms with E-state index in [-0.39, 0.29) is 5.95 Å². The van der Waals surface area contributed by atoms with E-state index in [2.05, 4.69) is 20.3 Å². The number of fused-ring (bicyclic) bond motifs is 1. The third-order valence-corrected chi connectivity index (χ3v) is 4.18. The predicted octanol–water partition coefficient (Wildman–Crippen LogP) is 1.11. The summed E-state index contributed by atoms with van der Waals surface area (Å²) in [6, 6.07) is 2.51. The summed E-state index contributed by atoms with van der Waals surface area (Å²) in [6.07, 6.45) is 6.57. The van der Waals surface area contributed by atoms with E-state index in [0.717, 1.165) is 18.3 Å². The van der Waals surface area contributed by atoms with E-state index >= 15 is 0 Å². The zero-order chi connectivity index (χ0) is 12.5. The van der Waals surface area contributed by atoms with E-state index in [4.69, 9.17) is 11.6 Å². The monoisotopic (exact) mass is 248 g/mol. The van der Waals surface area contributed by atoms with Crippen LogP contribution in [0.4, 0.5) is 17.6 Å². The van der Waals surface area contributed by atoms with Gasteiger partial charge in [0.15, 0.2) is 0 Å². The van der Waals surface area contributed by atoms with Crippen LogP contribution in [0.1, 0.15) is 32.1 Å². The third-order valence-electron chi connectivity index (χ3n) is 4.18. The first-order valence-corrected chi connectivity index (χ1v) is 6.66. The Morgan fingerprint density at radius 1 is 1.22 bits per heavy atom. The number of nitrogen functional groups attached to an aromatic ring is 2. The minimum Gasteiger partial charge on any atom is -0.368 e. The molecule has 5 N–H and O–H groups in total. The maximum atomic E-state index is 5.73. The molecule has 2 fully saturated rings. The van der Waals surface area contributed by atoms with Crippen LogP contribution in [0.5, 0.6) is 0 Å². The van der Waals surface area contributed by atoms with Crippen molar-refractivity contribution in [3.8, 4) is 0 Å². The molecular formula is C12H20N6. The fourth-order valence-corrected chi connectivity index (χ4v) is 3.36. The Morgan fingerprint density at radius 3 is 2.89 bits per heavy atom. The topological polar surface area (TPSA) is 93.1 Å². The number of hydrogen-bond donors (Lipinski definition) is 3. The molecule has 18 heavy (non-hydrogen) atoms. The van der Waals surface area contributed by atoms with Gasteiger partial charge in [-0.15, -0.1) is 0 Å². The van der Waals surface area contributed by atoms with Crippen LogP contribution in [0.25, 0.3) is 0 Å². The van der Waals surface area contributed by atoms with E-state index in [1.165, 1.54) is 32.1 Å². The molecule has 2 unspecified atom stereocenters. The molecule has 1 aromatic rings. The molecule has 0 aromatic carbocycles. The van der Waals surface area contributed by atoms with Gasteiger partial charge in [0, 0.05) is 18.7 Å². The van der Waals surface area contributed by atoms with Gasteiger partial charge in [0.2, 0.25) is 5.95 Å². The molecule has 1 aliphatic carbocycles. The summed E-state index contributed by atoms with van der Waals surface area (Å²) in [5.74, 6) is 7.99. The van der Waals surface area contributed by atoms with Crippen LogP contribution in [0.3, 0.4) is 0 Å². The van der Waals surface area contributed by atoms with Gasteiger partial charge >= 0.3 is 0 Å². The lowest BCUT2D eigenvalue weighted by Crippen LogP contribution is -2.35. The van der Waals surface area contributed by atoms with Crippen LogP contribution in [0.15, 0.2) is 6.07 Å². The number of aromatic nitrogens is 2. The van der Waals surface area contributed by atoms with Crippen molar-refractivity contribution in [1.29, 1.82) is 0 Å². The molecule has 2 heterocycles. The van der Waals surface area contributed by atoms with Crippen molar-refractivity contribution < 1.29 is 0 Å². The Kier molecular flexibility index (Phi) is 2.95. The summed E-state index contributed by atoms with van der Waals surface area (Å²) >= 11 is 0. The summed E-state index contributed by atoms with van der Waals surface area (Å²) in [6.45, 7) is 1.07. The molecule has 1 saturated carbocycles. The Hall–Kier alpha value is -1.56. The van der Waals surface area contributed by atoms with Gasteiger partial charge in [0.25, 0.3) is 0 Å². The van der Waals surface area contributed by atoms with Gasteiger partial charge in [-0.2, -0.15) is 9.97 Å². The summed E-state index contributed by atoms with van der Waals surface area (Å²) in [5.41, 5.74) is 8.27. The minimum atomic E-state index is 0.278. The fourth-order valence-electron chi connectivity index (χ4n) is 3.36. The second-order valence-electron chi connectivity index (χ2n) is 5.21. The van der Waals surface area contributed by atoms with Crippen LogP contribution >= 0.6 is 0 Å². The number of hydrazine groups is 1. The Morgan fingerprint density at radius 2 is 2.06 bits per heavy atom. The molecule has 2 aliphatic rings. The number of anilines is 3. The van der Waals surface area contributed by atoms with Crippen molar-refractivity contribution in [2.24, 2.45) is 11.8 Å². The highest BCUT2D eigenvalue weighted by Crippen LogP contribution is 2.38. The van der Waals surface area contributed by atoms with Gasteiger partial charge in [-0.1, -0.05) is 12.8 Å². The molecule has 0 spiro atoms. The minimum absolute atomic E-state index is 0.278. The highest BCUT2D eigenvalue weighted by atomic mass is 15.3. The lowest BCUT2D eigenvalue weighted by molar-refractivity contribution is 0.341. The smallest absolute Gasteiger partial charge is 0.223 e. The molecule has 2 atom stereocenters. The first-order valence-electron chi connectivity index (χ1n) is 6.66. The maximum Gasteiger partial charge on any atom is 0.223 e. The van der Waals surface area contributed by atoms with E-state index in [1.807, 2.05) is 6.07 Å². The lowest BCUT2D eigenvalue weighted by atomic mass is 9.85. The van der Waals surface area contributed by atoms with Gasteiger partial charge in [0.05, 0.1) is 0 Å². The van der Waals surface area contributed by atoms with Crippen molar-refractivity contribution >= 4 is 17.6 Å². The number of hydrogen-bond acceptors (Lipinski definition) is 6. The molecule has 1 aliphatic heterocycles. The second-order valence-corrected chi connectivity index (χ2v) is 5.21. The largest absolute Gasteiger partial charge is 0.368 e. The van der Waals surface area contributed by atoms with Crippen molar-refractivity contribution in [3.05, 3.63) is 6.07 Å². The van der Waals surface area contributed by atoms with Crippen LogP contribution in [-0.4, -0.2) is 22.6 Å². The number of nitrogens with one attached hydrogen (secondary N) is 1. The Labute approximate surface area is 107 Å². The SMILES string of the molecule is NNc1cc(N2CCC3CCCCC32)nc(N)n1. The van der Waals surface area contributed by atoms with Gasteiger partial charge in [-0.3, -0.25) is 0 Å². The summed E-state index contributed by atoms with van der Waals surface area (Å²) in [7, 11) is 0. The van der Waals surface area contributed by atoms with Gasteiger partial charge in [-0.05, 0) is 25.2 Å². The summed E-state index contributed by atoms with van der Waals surface area (Å²) in [5, 5.41) is 0. The molecule has 98 valence electrons. The van der Waals surface area contributed by atoms with Gasteiger partial charge < -0.3 is 16.1 Å². The second kappa shape index (κ2) is 4.61. The van der Waals surface area contributed by atoms with E-state index in [1.54, 1.807) is 0 Å².